The lowest BCUT2D eigenvalue weighted by atomic mass is 9.90. The first-order chi connectivity index (χ1) is 10.3. The van der Waals surface area contributed by atoms with E-state index in [4.69, 9.17) is 4.74 Å². The molecule has 22 heavy (non-hydrogen) atoms. The SMILES string of the molecule is C=C(C)/C(OC)=C(\C1=C(C)CC(C)C1)c1cc(C)cc(C)c1. The van der Waals surface area contributed by atoms with Gasteiger partial charge in [0.25, 0.3) is 0 Å². The first-order valence-electron chi connectivity index (χ1n) is 8.05. The van der Waals surface area contributed by atoms with Crippen molar-refractivity contribution in [3.05, 3.63) is 63.9 Å². The van der Waals surface area contributed by atoms with Crippen molar-refractivity contribution >= 4 is 5.57 Å². The molecule has 1 unspecified atom stereocenters. The molecule has 0 fully saturated rings. The summed E-state index contributed by atoms with van der Waals surface area (Å²) in [5.41, 5.74) is 8.97. The number of hydrogen-bond acceptors (Lipinski definition) is 1. The molecule has 1 aromatic rings. The molecule has 1 aliphatic rings. The van der Waals surface area contributed by atoms with Crippen LogP contribution in [0.25, 0.3) is 5.57 Å². The Bertz CT molecular complexity index is 638. The van der Waals surface area contributed by atoms with Crippen molar-refractivity contribution in [3.8, 4) is 0 Å². The standard InChI is InChI=1S/C21H28O/c1-13(2)21(22-7)20(19-12-16(5)9-17(19)6)18-10-14(3)8-15(4)11-18/h8,10-11,16H,1,9,12H2,2-7H3/b21-20+. The van der Waals surface area contributed by atoms with Crippen molar-refractivity contribution in [3.63, 3.8) is 0 Å². The topological polar surface area (TPSA) is 9.23 Å². The van der Waals surface area contributed by atoms with Gasteiger partial charge >= 0.3 is 0 Å². The van der Waals surface area contributed by atoms with Crippen LogP contribution < -0.4 is 0 Å². The van der Waals surface area contributed by atoms with Crippen LogP contribution in [0.2, 0.25) is 0 Å². The van der Waals surface area contributed by atoms with Crippen LogP contribution in [0.5, 0.6) is 0 Å². The van der Waals surface area contributed by atoms with Gasteiger partial charge in [-0.05, 0) is 63.2 Å². The molecule has 1 aromatic carbocycles. The van der Waals surface area contributed by atoms with Crippen LogP contribution in [0.15, 0.2) is 47.3 Å². The maximum atomic E-state index is 5.75. The Morgan fingerprint density at radius 2 is 1.68 bits per heavy atom. The van der Waals surface area contributed by atoms with Crippen LogP contribution in [0.3, 0.4) is 0 Å². The van der Waals surface area contributed by atoms with Gasteiger partial charge in [-0.2, -0.15) is 0 Å². The Kier molecular flexibility index (Phi) is 4.95. The zero-order chi connectivity index (χ0) is 16.4. The molecule has 1 nitrogen and oxygen atoms in total. The van der Waals surface area contributed by atoms with E-state index in [1.165, 1.54) is 39.8 Å². The number of aryl methyl sites for hydroxylation is 2. The van der Waals surface area contributed by atoms with E-state index in [1.807, 2.05) is 6.92 Å². The Balaban J connectivity index is 2.71. The minimum atomic E-state index is 0.708. The molecule has 2 rings (SSSR count). The number of hydrogen-bond donors (Lipinski definition) is 0. The molecule has 0 aromatic heterocycles. The van der Waals surface area contributed by atoms with Gasteiger partial charge in [-0.3, -0.25) is 0 Å². The highest BCUT2D eigenvalue weighted by atomic mass is 16.5. The van der Waals surface area contributed by atoms with Crippen molar-refractivity contribution in [1.29, 1.82) is 0 Å². The molecular weight excluding hydrogens is 268 g/mol. The Labute approximate surface area is 135 Å². The fraction of sp³-hybridized carbons (Fsp3) is 0.429. The third-order valence-corrected chi connectivity index (χ3v) is 4.35. The lowest BCUT2D eigenvalue weighted by molar-refractivity contribution is 0.303. The number of methoxy groups -OCH3 is 1. The van der Waals surface area contributed by atoms with Crippen molar-refractivity contribution in [2.75, 3.05) is 7.11 Å². The van der Waals surface area contributed by atoms with Gasteiger partial charge in [0.05, 0.1) is 7.11 Å². The van der Waals surface area contributed by atoms with Gasteiger partial charge in [0.1, 0.15) is 5.76 Å². The second-order valence-corrected chi connectivity index (χ2v) is 6.84. The van der Waals surface area contributed by atoms with Gasteiger partial charge in [-0.15, -0.1) is 0 Å². The average molecular weight is 296 g/mol. The monoisotopic (exact) mass is 296 g/mol. The summed E-state index contributed by atoms with van der Waals surface area (Å²) < 4.78 is 5.75. The van der Waals surface area contributed by atoms with Crippen LogP contribution in [0.1, 0.15) is 50.3 Å². The lowest BCUT2D eigenvalue weighted by Gasteiger charge is -2.18. The van der Waals surface area contributed by atoms with Gasteiger partial charge in [0, 0.05) is 5.57 Å². The molecule has 0 radical (unpaired) electrons. The summed E-state index contributed by atoms with van der Waals surface area (Å²) in [6.07, 6.45) is 2.30. The number of allylic oxidation sites excluding steroid dienone is 4. The summed E-state index contributed by atoms with van der Waals surface area (Å²) in [6, 6.07) is 6.73. The van der Waals surface area contributed by atoms with Gasteiger partial charge in [-0.25, -0.2) is 0 Å². The Hall–Kier alpha value is -1.76. The van der Waals surface area contributed by atoms with E-state index in [0.717, 1.165) is 17.8 Å². The van der Waals surface area contributed by atoms with E-state index >= 15 is 0 Å². The molecule has 0 spiro atoms. The summed E-state index contributed by atoms with van der Waals surface area (Å²) in [5, 5.41) is 0. The predicted molar refractivity (Wildman–Crippen MR) is 95.8 cm³/mol. The second kappa shape index (κ2) is 6.56. The molecule has 118 valence electrons. The fourth-order valence-corrected chi connectivity index (χ4v) is 3.61. The van der Waals surface area contributed by atoms with E-state index < -0.39 is 0 Å². The highest BCUT2D eigenvalue weighted by Gasteiger charge is 2.25. The zero-order valence-electron chi connectivity index (χ0n) is 14.8. The number of ether oxygens (including phenoxy) is 1. The maximum absolute atomic E-state index is 5.75. The molecule has 0 heterocycles. The first-order valence-corrected chi connectivity index (χ1v) is 8.05. The molecule has 1 heteroatoms. The quantitative estimate of drug-likeness (QED) is 0.490. The summed E-state index contributed by atoms with van der Waals surface area (Å²) >= 11 is 0. The minimum Gasteiger partial charge on any atom is -0.496 e. The first kappa shape index (κ1) is 16.6. The lowest BCUT2D eigenvalue weighted by Crippen LogP contribution is -2.01. The van der Waals surface area contributed by atoms with Gasteiger partial charge in [-0.1, -0.05) is 48.4 Å². The van der Waals surface area contributed by atoms with Gasteiger partial charge in [0.15, 0.2) is 0 Å². The highest BCUT2D eigenvalue weighted by Crippen LogP contribution is 2.42. The molecule has 1 aliphatic carbocycles. The van der Waals surface area contributed by atoms with Crippen LogP contribution in [-0.4, -0.2) is 7.11 Å². The molecule has 0 saturated carbocycles. The summed E-state index contributed by atoms with van der Waals surface area (Å²) in [7, 11) is 1.75. The van der Waals surface area contributed by atoms with E-state index in [1.54, 1.807) is 7.11 Å². The summed E-state index contributed by atoms with van der Waals surface area (Å²) in [6.45, 7) is 15.0. The van der Waals surface area contributed by atoms with Gasteiger partial charge in [0.2, 0.25) is 0 Å². The summed E-state index contributed by atoms with van der Waals surface area (Å²) in [5.74, 6) is 1.63. The molecular formula is C21H28O. The highest BCUT2D eigenvalue weighted by molar-refractivity contribution is 5.84. The Morgan fingerprint density at radius 1 is 1.09 bits per heavy atom. The minimum absolute atomic E-state index is 0.708. The van der Waals surface area contributed by atoms with E-state index in [9.17, 15) is 0 Å². The smallest absolute Gasteiger partial charge is 0.129 e. The Morgan fingerprint density at radius 3 is 2.09 bits per heavy atom. The van der Waals surface area contributed by atoms with Crippen LogP contribution in [0, 0.1) is 19.8 Å². The van der Waals surface area contributed by atoms with Crippen LogP contribution in [-0.2, 0) is 4.74 Å². The van der Waals surface area contributed by atoms with Crippen molar-refractivity contribution in [1.82, 2.24) is 0 Å². The van der Waals surface area contributed by atoms with E-state index in [-0.39, 0.29) is 0 Å². The van der Waals surface area contributed by atoms with Crippen molar-refractivity contribution < 1.29 is 4.74 Å². The average Bonchev–Trinajstić information content (AvgIpc) is 2.72. The van der Waals surface area contributed by atoms with Crippen LogP contribution in [0.4, 0.5) is 0 Å². The largest absolute Gasteiger partial charge is 0.496 e. The molecule has 0 aliphatic heterocycles. The molecule has 0 N–H and O–H groups in total. The molecule has 0 bridgehead atoms. The van der Waals surface area contributed by atoms with E-state index in [0.29, 0.717) is 5.92 Å². The molecule has 0 saturated heterocycles. The third kappa shape index (κ3) is 3.35. The second-order valence-electron chi connectivity index (χ2n) is 6.84. The van der Waals surface area contributed by atoms with Crippen LogP contribution >= 0.6 is 0 Å². The van der Waals surface area contributed by atoms with Gasteiger partial charge < -0.3 is 4.74 Å². The predicted octanol–water partition coefficient (Wildman–Crippen LogP) is 5.98. The van der Waals surface area contributed by atoms with Crippen molar-refractivity contribution in [2.24, 2.45) is 5.92 Å². The third-order valence-electron chi connectivity index (χ3n) is 4.35. The molecule has 1 atom stereocenters. The fourth-order valence-electron chi connectivity index (χ4n) is 3.61. The zero-order valence-corrected chi connectivity index (χ0v) is 14.8. The number of benzene rings is 1. The van der Waals surface area contributed by atoms with E-state index in [2.05, 4.69) is 52.5 Å². The summed E-state index contributed by atoms with van der Waals surface area (Å²) in [4.78, 5) is 0. The normalized spacial score (nSPS) is 19.3. The van der Waals surface area contributed by atoms with Crippen molar-refractivity contribution in [2.45, 2.75) is 47.5 Å². The number of rotatable bonds is 4. The maximum Gasteiger partial charge on any atom is 0.129 e. The molecule has 0 amide bonds.